The summed E-state index contributed by atoms with van der Waals surface area (Å²) in [5.41, 5.74) is 5.27. The van der Waals surface area contributed by atoms with E-state index in [0.717, 1.165) is 71.5 Å². The van der Waals surface area contributed by atoms with Crippen molar-refractivity contribution in [3.8, 4) is 11.1 Å². The fourth-order valence-electron chi connectivity index (χ4n) is 8.22. The fraction of sp³-hybridized carbons (Fsp3) is 0.438. The summed E-state index contributed by atoms with van der Waals surface area (Å²) in [4.78, 5) is 51.5. The van der Waals surface area contributed by atoms with Gasteiger partial charge < -0.3 is 24.1 Å². The lowest BCUT2D eigenvalue weighted by Crippen LogP contribution is -2.75. The maximum absolute atomic E-state index is 13.5. The number of aliphatic carboxylic acids is 1. The van der Waals surface area contributed by atoms with Crippen molar-refractivity contribution in [2.45, 2.75) is 39.0 Å². The van der Waals surface area contributed by atoms with Gasteiger partial charge in [0.1, 0.15) is 58.1 Å². The van der Waals surface area contributed by atoms with E-state index in [1.807, 2.05) is 18.2 Å². The maximum Gasteiger partial charge on any atom is 0.352 e. The number of aliphatic hydroxyl groups excluding tert-OH is 1. The van der Waals surface area contributed by atoms with Gasteiger partial charge in [-0.1, -0.05) is 18.2 Å². The van der Waals surface area contributed by atoms with Gasteiger partial charge in [-0.15, -0.1) is 0 Å². The number of β-lactam (4-membered cyclic amide) rings is 1. The van der Waals surface area contributed by atoms with Gasteiger partial charge >= 0.3 is 5.97 Å². The summed E-state index contributed by atoms with van der Waals surface area (Å²) >= 11 is 0. The van der Waals surface area contributed by atoms with E-state index in [4.69, 9.17) is 0 Å². The number of rotatable bonds is 7. The summed E-state index contributed by atoms with van der Waals surface area (Å²) in [5.74, 6) is -1.89. The molecule has 0 radical (unpaired) electrons. The number of fused-ring (bicyclic) bond motifs is 7. The minimum atomic E-state index is -1.17. The number of Topliss-reactive ketones (excluding diaryl/α,β-unsaturated/α-hetero) is 1. The number of piperazine rings is 3. The van der Waals surface area contributed by atoms with Crippen LogP contribution in [0, 0.1) is 5.92 Å². The SMILES string of the molecule is CC(=O)C[N+]12CC[N+](Cc3ccc4c(c3)C(=O)c3ccc(C5=C(C(=O)O)N6C(=O)[C@H]([C@@H](C)O)[C@H]6C5)cc3-4)(CC1)CC2. The molecule has 1 aliphatic carbocycles. The van der Waals surface area contributed by atoms with Crippen molar-refractivity contribution in [1.29, 1.82) is 0 Å². The van der Waals surface area contributed by atoms with Crippen LogP contribution in [0.2, 0.25) is 0 Å². The van der Waals surface area contributed by atoms with Crippen molar-refractivity contribution in [2.24, 2.45) is 5.92 Å². The molecule has 0 unspecified atom stereocenters. The summed E-state index contributed by atoms with van der Waals surface area (Å²) in [6, 6.07) is 11.2. The molecular formula is C32H35N3O6+2. The first kappa shape index (κ1) is 26.3. The van der Waals surface area contributed by atoms with Crippen molar-refractivity contribution in [1.82, 2.24) is 4.90 Å². The Labute approximate surface area is 238 Å². The molecule has 0 aromatic heterocycles. The van der Waals surface area contributed by atoms with Gasteiger partial charge in [-0.05, 0) is 53.8 Å². The minimum Gasteiger partial charge on any atom is -0.477 e. The van der Waals surface area contributed by atoms with Crippen LogP contribution in [0.5, 0.6) is 0 Å². The molecule has 5 aliphatic heterocycles. The summed E-state index contributed by atoms with van der Waals surface area (Å²) in [6.45, 7) is 10.9. The topological polar surface area (TPSA) is 112 Å². The zero-order chi connectivity index (χ0) is 28.8. The number of benzene rings is 2. The zero-order valence-electron chi connectivity index (χ0n) is 23.4. The fourth-order valence-corrected chi connectivity index (χ4v) is 8.22. The van der Waals surface area contributed by atoms with Gasteiger partial charge in [-0.25, -0.2) is 4.79 Å². The van der Waals surface area contributed by atoms with E-state index in [2.05, 4.69) is 6.07 Å². The Bertz CT molecular complexity index is 1570. The molecule has 2 N–H and O–H groups in total. The Morgan fingerprint density at radius 1 is 0.927 bits per heavy atom. The molecule has 4 saturated heterocycles. The number of carboxylic acid groups (broad SMARTS) is 1. The molecule has 4 fully saturated rings. The molecule has 8 rings (SSSR count). The lowest BCUT2D eigenvalue weighted by atomic mass is 9.82. The summed E-state index contributed by atoms with van der Waals surface area (Å²) in [6.07, 6.45) is -0.493. The van der Waals surface area contributed by atoms with Crippen molar-refractivity contribution >= 4 is 29.0 Å². The lowest BCUT2D eigenvalue weighted by molar-refractivity contribution is -1.08. The van der Waals surface area contributed by atoms with Crippen LogP contribution in [0.3, 0.4) is 0 Å². The minimum absolute atomic E-state index is 0.0233. The number of carboxylic acids is 1. The Kier molecular flexibility index (Phi) is 5.71. The van der Waals surface area contributed by atoms with Gasteiger partial charge in [0.2, 0.25) is 5.91 Å². The summed E-state index contributed by atoms with van der Waals surface area (Å²) in [5, 5.41) is 20.1. The van der Waals surface area contributed by atoms with Crippen molar-refractivity contribution in [2.75, 3.05) is 45.8 Å². The molecule has 2 aromatic rings. The number of carbonyl (C=O) groups is 4. The van der Waals surface area contributed by atoms with Gasteiger partial charge in [0.25, 0.3) is 0 Å². The van der Waals surface area contributed by atoms with Crippen LogP contribution in [-0.2, 0) is 20.9 Å². The zero-order valence-corrected chi connectivity index (χ0v) is 23.4. The molecule has 41 heavy (non-hydrogen) atoms. The van der Waals surface area contributed by atoms with Crippen LogP contribution in [0.25, 0.3) is 16.7 Å². The molecule has 5 heterocycles. The number of ketones is 2. The third-order valence-corrected chi connectivity index (χ3v) is 10.4. The van der Waals surface area contributed by atoms with Crippen LogP contribution >= 0.6 is 0 Å². The van der Waals surface area contributed by atoms with E-state index < -0.39 is 18.0 Å². The predicted molar refractivity (Wildman–Crippen MR) is 149 cm³/mol. The highest BCUT2D eigenvalue weighted by molar-refractivity contribution is 6.22. The van der Waals surface area contributed by atoms with Crippen LogP contribution in [0.1, 0.15) is 47.3 Å². The molecule has 9 heteroatoms. The molecule has 6 aliphatic rings. The third kappa shape index (κ3) is 3.86. The highest BCUT2D eigenvalue weighted by Gasteiger charge is 2.57. The third-order valence-electron chi connectivity index (χ3n) is 10.4. The van der Waals surface area contributed by atoms with E-state index >= 15 is 0 Å². The molecule has 3 atom stereocenters. The smallest absolute Gasteiger partial charge is 0.352 e. The number of quaternary nitrogens is 2. The predicted octanol–water partition coefficient (Wildman–Crippen LogP) is 2.05. The molecule has 1 amide bonds. The quantitative estimate of drug-likeness (QED) is 0.340. The monoisotopic (exact) mass is 557 g/mol. The number of hydrogen-bond donors (Lipinski definition) is 2. The average molecular weight is 558 g/mol. The van der Waals surface area contributed by atoms with Crippen LogP contribution in [0.4, 0.5) is 0 Å². The van der Waals surface area contributed by atoms with Crippen molar-refractivity contribution in [3.05, 3.63) is 64.3 Å². The first-order valence-electron chi connectivity index (χ1n) is 14.5. The van der Waals surface area contributed by atoms with E-state index in [0.29, 0.717) is 35.2 Å². The largest absolute Gasteiger partial charge is 0.477 e. The van der Waals surface area contributed by atoms with Gasteiger partial charge in [0, 0.05) is 23.6 Å². The van der Waals surface area contributed by atoms with Gasteiger partial charge in [0.05, 0.1) is 18.1 Å². The van der Waals surface area contributed by atoms with E-state index in [-0.39, 0.29) is 29.2 Å². The van der Waals surface area contributed by atoms with Gasteiger partial charge in [-0.2, -0.15) is 0 Å². The van der Waals surface area contributed by atoms with E-state index in [9.17, 15) is 29.4 Å². The normalized spacial score (nSPS) is 30.2. The Morgan fingerprint density at radius 2 is 1.59 bits per heavy atom. The lowest BCUT2D eigenvalue weighted by Gasteiger charge is -2.55. The molecule has 212 valence electrons. The molecule has 9 nitrogen and oxygen atoms in total. The molecule has 0 spiro atoms. The van der Waals surface area contributed by atoms with Crippen molar-refractivity contribution in [3.63, 3.8) is 0 Å². The maximum atomic E-state index is 13.5. The average Bonchev–Trinajstić information content (AvgIpc) is 3.41. The second-order valence-corrected chi connectivity index (χ2v) is 12.9. The molecule has 0 saturated carbocycles. The van der Waals surface area contributed by atoms with Crippen LogP contribution in [0.15, 0.2) is 42.1 Å². The van der Waals surface area contributed by atoms with E-state index in [1.54, 1.807) is 26.0 Å². The first-order chi connectivity index (χ1) is 19.5. The Balaban J connectivity index is 1.16. The van der Waals surface area contributed by atoms with Crippen LogP contribution in [-0.4, -0.2) is 105 Å². The first-order valence-corrected chi connectivity index (χ1v) is 14.5. The molecule has 2 aromatic carbocycles. The standard InChI is InChI=1S/C32H34N3O6/c1-18(36)16-34-7-10-35(11-8-34,12-9-34)17-20-3-5-22-25-14-21(4-6-23(25)30(38)26(22)13-20)24-15-27-28(19(2)37)31(39)33(27)29(24)32(40)41/h3-6,13-14,19,27-28,37H,7-12,15-17H2,1-2H3/q+1/p+1/t19-,27-,28-,34?,35?/m1/s1. The highest BCUT2D eigenvalue weighted by Crippen LogP contribution is 2.48. The number of carbonyl (C=O) groups excluding carboxylic acids is 3. The number of nitrogens with zero attached hydrogens (tertiary/aromatic N) is 3. The van der Waals surface area contributed by atoms with Gasteiger partial charge in [0.15, 0.2) is 11.6 Å². The number of aliphatic hydroxyl groups is 1. The van der Waals surface area contributed by atoms with Crippen LogP contribution < -0.4 is 0 Å². The second-order valence-electron chi connectivity index (χ2n) is 12.9. The Hall–Kier alpha value is -3.66. The second kappa shape index (κ2) is 8.92. The van der Waals surface area contributed by atoms with Crippen molar-refractivity contribution < 1.29 is 38.4 Å². The Morgan fingerprint density at radius 3 is 2.22 bits per heavy atom. The highest BCUT2D eigenvalue weighted by atomic mass is 16.4. The molecule has 2 bridgehead atoms. The van der Waals surface area contributed by atoms with Gasteiger partial charge in [-0.3, -0.25) is 14.4 Å². The summed E-state index contributed by atoms with van der Waals surface area (Å²) in [7, 11) is 0. The summed E-state index contributed by atoms with van der Waals surface area (Å²) < 4.78 is 1.92. The number of hydrogen-bond acceptors (Lipinski definition) is 5. The molecular weight excluding hydrogens is 522 g/mol. The number of amides is 1. The van der Waals surface area contributed by atoms with E-state index in [1.165, 1.54) is 4.90 Å².